The molecule has 0 saturated carbocycles. The molecule has 122 valence electrons. The predicted molar refractivity (Wildman–Crippen MR) is 93.0 cm³/mol. The van der Waals surface area contributed by atoms with Crippen molar-refractivity contribution in [3.05, 3.63) is 65.0 Å². The van der Waals surface area contributed by atoms with Crippen LogP contribution in [0.3, 0.4) is 0 Å². The zero-order valence-corrected chi connectivity index (χ0v) is 14.0. The maximum atomic E-state index is 12.4. The molecule has 24 heavy (non-hydrogen) atoms. The summed E-state index contributed by atoms with van der Waals surface area (Å²) in [6.45, 7) is 5.96. The smallest absolute Gasteiger partial charge is 0.255 e. The van der Waals surface area contributed by atoms with Gasteiger partial charge in [0.05, 0.1) is 0 Å². The van der Waals surface area contributed by atoms with E-state index >= 15 is 0 Å². The Bertz CT molecular complexity index is 867. The van der Waals surface area contributed by atoms with E-state index in [0.717, 1.165) is 16.8 Å². The van der Waals surface area contributed by atoms with Crippen molar-refractivity contribution in [2.24, 2.45) is 0 Å². The summed E-state index contributed by atoms with van der Waals surface area (Å²) in [6.07, 6.45) is 0.698. The first-order valence-electron chi connectivity index (χ1n) is 7.88. The highest BCUT2D eigenvalue weighted by Gasteiger charge is 2.10. The third-order valence-electron chi connectivity index (χ3n) is 3.81. The molecule has 0 aliphatic carbocycles. The van der Waals surface area contributed by atoms with Gasteiger partial charge < -0.3 is 9.84 Å². The van der Waals surface area contributed by atoms with Crippen LogP contribution in [0.25, 0.3) is 11.4 Å². The van der Waals surface area contributed by atoms with Gasteiger partial charge in [0.15, 0.2) is 0 Å². The Morgan fingerprint density at radius 1 is 1.12 bits per heavy atom. The molecule has 0 spiro atoms. The van der Waals surface area contributed by atoms with Gasteiger partial charge in [0.1, 0.15) is 0 Å². The Labute approximate surface area is 140 Å². The number of carbonyl (C=O) groups is 1. The average molecular weight is 321 g/mol. The number of amides is 1. The van der Waals surface area contributed by atoms with Crippen LogP contribution in [0.1, 0.15) is 34.3 Å². The molecule has 3 aromatic rings. The van der Waals surface area contributed by atoms with Gasteiger partial charge in [-0.1, -0.05) is 41.9 Å². The fraction of sp³-hybridized carbons (Fsp3) is 0.211. The molecule has 0 atom stereocenters. The molecule has 0 radical (unpaired) electrons. The minimum Gasteiger partial charge on any atom is -0.339 e. The average Bonchev–Trinajstić information content (AvgIpc) is 3.06. The first-order valence-corrected chi connectivity index (χ1v) is 7.88. The number of carbonyl (C=O) groups excluding carboxylic acids is 1. The number of anilines is 1. The van der Waals surface area contributed by atoms with E-state index in [4.69, 9.17) is 4.52 Å². The molecule has 0 aliphatic rings. The van der Waals surface area contributed by atoms with Gasteiger partial charge in [-0.25, -0.2) is 0 Å². The number of hydrogen-bond donors (Lipinski definition) is 1. The summed E-state index contributed by atoms with van der Waals surface area (Å²) in [7, 11) is 0. The van der Waals surface area contributed by atoms with Crippen LogP contribution >= 0.6 is 0 Å². The second-order valence-corrected chi connectivity index (χ2v) is 5.72. The normalized spacial score (nSPS) is 10.6. The van der Waals surface area contributed by atoms with E-state index in [9.17, 15) is 4.79 Å². The Kier molecular flexibility index (Phi) is 4.42. The molecule has 0 fully saturated rings. The van der Waals surface area contributed by atoms with Gasteiger partial charge >= 0.3 is 0 Å². The van der Waals surface area contributed by atoms with Crippen molar-refractivity contribution in [1.82, 2.24) is 10.1 Å². The van der Waals surface area contributed by atoms with Crippen molar-refractivity contribution in [2.45, 2.75) is 27.2 Å². The lowest BCUT2D eigenvalue weighted by Gasteiger charge is -2.09. The lowest BCUT2D eigenvalue weighted by Crippen LogP contribution is -2.12. The van der Waals surface area contributed by atoms with Crippen LogP contribution in [-0.4, -0.2) is 16.0 Å². The van der Waals surface area contributed by atoms with Crippen LogP contribution in [-0.2, 0) is 6.42 Å². The van der Waals surface area contributed by atoms with Gasteiger partial charge in [-0.05, 0) is 37.6 Å². The predicted octanol–water partition coefficient (Wildman–Crippen LogP) is 4.17. The van der Waals surface area contributed by atoms with Crippen LogP contribution in [0, 0.1) is 13.8 Å². The van der Waals surface area contributed by atoms with Crippen molar-refractivity contribution < 1.29 is 9.32 Å². The molecule has 0 aliphatic heterocycles. The molecule has 1 amide bonds. The van der Waals surface area contributed by atoms with Crippen LogP contribution in [0.2, 0.25) is 0 Å². The third kappa shape index (κ3) is 3.35. The number of nitrogens with zero attached hydrogens (tertiary/aromatic N) is 2. The highest BCUT2D eigenvalue weighted by atomic mass is 16.5. The van der Waals surface area contributed by atoms with Gasteiger partial charge in [-0.2, -0.15) is 4.98 Å². The van der Waals surface area contributed by atoms with Crippen molar-refractivity contribution in [1.29, 1.82) is 0 Å². The summed E-state index contributed by atoms with van der Waals surface area (Å²) in [4.78, 5) is 16.7. The highest BCUT2D eigenvalue weighted by Crippen LogP contribution is 2.19. The molecule has 0 unspecified atom stereocenters. The van der Waals surface area contributed by atoms with E-state index in [2.05, 4.69) is 15.5 Å². The Hall–Kier alpha value is -2.95. The monoisotopic (exact) mass is 321 g/mol. The van der Waals surface area contributed by atoms with Gasteiger partial charge in [-0.15, -0.1) is 0 Å². The molecular formula is C19H19N3O2. The number of aromatic nitrogens is 2. The molecule has 1 N–H and O–H groups in total. The first-order chi connectivity index (χ1) is 11.6. The van der Waals surface area contributed by atoms with E-state index in [-0.39, 0.29) is 5.91 Å². The Balaban J connectivity index is 1.76. The molecule has 1 aromatic heterocycles. The Morgan fingerprint density at radius 2 is 1.88 bits per heavy atom. The van der Waals surface area contributed by atoms with E-state index in [1.807, 2.05) is 51.1 Å². The minimum atomic E-state index is -0.143. The maximum Gasteiger partial charge on any atom is 0.255 e. The van der Waals surface area contributed by atoms with E-state index in [0.29, 0.717) is 23.7 Å². The number of hydrogen-bond acceptors (Lipinski definition) is 4. The van der Waals surface area contributed by atoms with Crippen molar-refractivity contribution in [3.63, 3.8) is 0 Å². The van der Waals surface area contributed by atoms with Crippen LogP contribution < -0.4 is 5.32 Å². The molecule has 2 aromatic carbocycles. The second-order valence-electron chi connectivity index (χ2n) is 5.72. The highest BCUT2D eigenvalue weighted by molar-refractivity contribution is 6.04. The summed E-state index contributed by atoms with van der Waals surface area (Å²) < 4.78 is 5.11. The van der Waals surface area contributed by atoms with E-state index in [1.54, 1.807) is 12.1 Å². The van der Waals surface area contributed by atoms with E-state index in [1.165, 1.54) is 5.56 Å². The number of rotatable bonds is 4. The SMILES string of the molecule is CCc1nc(-c2ccc(C(=O)Nc3ccc(C)cc3C)cc2)no1. The molecule has 1 heterocycles. The van der Waals surface area contributed by atoms with Crippen molar-refractivity contribution >= 4 is 11.6 Å². The Morgan fingerprint density at radius 3 is 2.50 bits per heavy atom. The summed E-state index contributed by atoms with van der Waals surface area (Å²) in [5.74, 6) is 0.991. The molecule has 5 nitrogen and oxygen atoms in total. The molecule has 5 heteroatoms. The first kappa shape index (κ1) is 15.9. The molecule has 0 saturated heterocycles. The number of benzene rings is 2. The van der Waals surface area contributed by atoms with E-state index < -0.39 is 0 Å². The largest absolute Gasteiger partial charge is 0.339 e. The lowest BCUT2D eigenvalue weighted by atomic mass is 10.1. The summed E-state index contributed by atoms with van der Waals surface area (Å²) in [6, 6.07) is 13.1. The number of aryl methyl sites for hydroxylation is 3. The van der Waals surface area contributed by atoms with Crippen LogP contribution in [0.4, 0.5) is 5.69 Å². The fourth-order valence-electron chi connectivity index (χ4n) is 2.43. The number of nitrogens with one attached hydrogen (secondary N) is 1. The van der Waals surface area contributed by atoms with Crippen LogP contribution in [0.5, 0.6) is 0 Å². The molecule has 0 bridgehead atoms. The van der Waals surface area contributed by atoms with Crippen molar-refractivity contribution in [2.75, 3.05) is 5.32 Å². The third-order valence-corrected chi connectivity index (χ3v) is 3.81. The maximum absolute atomic E-state index is 12.4. The molecule has 3 rings (SSSR count). The van der Waals surface area contributed by atoms with Gasteiger partial charge in [0, 0.05) is 23.2 Å². The summed E-state index contributed by atoms with van der Waals surface area (Å²) in [5.41, 5.74) is 4.43. The summed E-state index contributed by atoms with van der Waals surface area (Å²) in [5, 5.41) is 6.87. The second kappa shape index (κ2) is 6.66. The standard InChI is InChI=1S/C19H19N3O2/c1-4-17-21-18(22-24-17)14-6-8-15(9-7-14)19(23)20-16-10-5-12(2)11-13(16)3/h5-11H,4H2,1-3H3,(H,20,23). The van der Waals surface area contributed by atoms with Gasteiger partial charge in [0.2, 0.25) is 11.7 Å². The fourth-order valence-corrected chi connectivity index (χ4v) is 2.43. The van der Waals surface area contributed by atoms with Gasteiger partial charge in [-0.3, -0.25) is 4.79 Å². The topological polar surface area (TPSA) is 68.0 Å². The van der Waals surface area contributed by atoms with Crippen molar-refractivity contribution in [3.8, 4) is 11.4 Å². The minimum absolute atomic E-state index is 0.143. The summed E-state index contributed by atoms with van der Waals surface area (Å²) >= 11 is 0. The van der Waals surface area contributed by atoms with Gasteiger partial charge in [0.25, 0.3) is 5.91 Å². The quantitative estimate of drug-likeness (QED) is 0.783. The molecular weight excluding hydrogens is 302 g/mol. The zero-order chi connectivity index (χ0) is 17.1. The zero-order valence-electron chi connectivity index (χ0n) is 14.0. The lowest BCUT2D eigenvalue weighted by molar-refractivity contribution is 0.102. The van der Waals surface area contributed by atoms with Crippen LogP contribution in [0.15, 0.2) is 47.0 Å².